The lowest BCUT2D eigenvalue weighted by Crippen LogP contribution is -2.31. The van der Waals surface area contributed by atoms with E-state index in [4.69, 9.17) is 28.7 Å². The fraction of sp³-hybridized carbons (Fsp3) is 0.480. The SMILES string of the molecule is CNCC(O)COc1cccc(-c2nc(-c3c(C)noc3C)cc(N(CCOC)CCOC)n2)c1. The molecule has 190 valence electrons. The van der Waals surface area contributed by atoms with Crippen LogP contribution in [0.1, 0.15) is 11.5 Å². The maximum Gasteiger partial charge on any atom is 0.162 e. The largest absolute Gasteiger partial charge is 0.491 e. The van der Waals surface area contributed by atoms with Gasteiger partial charge in [0.2, 0.25) is 0 Å². The van der Waals surface area contributed by atoms with Crippen LogP contribution in [-0.2, 0) is 9.47 Å². The second kappa shape index (κ2) is 13.1. The number of aryl methyl sites for hydroxylation is 2. The van der Waals surface area contributed by atoms with Crippen molar-refractivity contribution < 1.29 is 23.8 Å². The van der Waals surface area contributed by atoms with E-state index in [1.165, 1.54) is 0 Å². The van der Waals surface area contributed by atoms with Crippen LogP contribution < -0.4 is 15.0 Å². The van der Waals surface area contributed by atoms with E-state index in [1.54, 1.807) is 21.3 Å². The molecule has 0 saturated carbocycles. The topological polar surface area (TPSA) is 115 Å². The van der Waals surface area contributed by atoms with Gasteiger partial charge in [-0.15, -0.1) is 0 Å². The maximum absolute atomic E-state index is 9.98. The average Bonchev–Trinajstić information content (AvgIpc) is 3.20. The lowest BCUT2D eigenvalue weighted by Gasteiger charge is -2.24. The highest BCUT2D eigenvalue weighted by Gasteiger charge is 2.19. The van der Waals surface area contributed by atoms with E-state index in [0.717, 1.165) is 28.3 Å². The van der Waals surface area contributed by atoms with E-state index in [2.05, 4.69) is 15.4 Å². The number of hydrogen-bond donors (Lipinski definition) is 2. The Balaban J connectivity index is 2.02. The van der Waals surface area contributed by atoms with Gasteiger partial charge in [-0.3, -0.25) is 0 Å². The summed E-state index contributed by atoms with van der Waals surface area (Å²) in [4.78, 5) is 11.8. The van der Waals surface area contributed by atoms with E-state index < -0.39 is 6.10 Å². The van der Waals surface area contributed by atoms with Crippen molar-refractivity contribution in [3.05, 3.63) is 41.8 Å². The quantitative estimate of drug-likeness (QED) is 0.353. The molecule has 1 unspecified atom stereocenters. The number of benzene rings is 1. The van der Waals surface area contributed by atoms with Gasteiger partial charge in [-0.1, -0.05) is 17.3 Å². The fourth-order valence-corrected chi connectivity index (χ4v) is 3.66. The molecule has 2 aromatic heterocycles. The molecule has 0 fully saturated rings. The number of aliphatic hydroxyl groups excluding tert-OH is 1. The third kappa shape index (κ3) is 7.22. The highest BCUT2D eigenvalue weighted by atomic mass is 16.5. The van der Waals surface area contributed by atoms with Crippen molar-refractivity contribution in [1.82, 2.24) is 20.4 Å². The van der Waals surface area contributed by atoms with Gasteiger partial charge in [0.25, 0.3) is 0 Å². The number of aliphatic hydroxyl groups is 1. The first kappa shape index (κ1) is 26.6. The fourth-order valence-electron chi connectivity index (χ4n) is 3.66. The summed E-state index contributed by atoms with van der Waals surface area (Å²) in [6.45, 7) is 6.76. The van der Waals surface area contributed by atoms with Gasteiger partial charge >= 0.3 is 0 Å². The zero-order chi connectivity index (χ0) is 25.2. The molecule has 0 saturated heterocycles. The van der Waals surface area contributed by atoms with Crippen LogP contribution in [0.15, 0.2) is 34.9 Å². The van der Waals surface area contributed by atoms with E-state index >= 15 is 0 Å². The van der Waals surface area contributed by atoms with Crippen LogP contribution in [0.4, 0.5) is 5.82 Å². The van der Waals surface area contributed by atoms with Crippen LogP contribution in [0.3, 0.4) is 0 Å². The first-order chi connectivity index (χ1) is 17.0. The van der Waals surface area contributed by atoms with Crippen molar-refractivity contribution in [2.75, 3.05) is 65.6 Å². The standard InChI is InChI=1S/C25H35N5O5/c1-17-24(18(2)35-29-17)22-14-23(30(9-11-32-4)10-12-33-5)28-25(27-22)19-7-6-8-21(13-19)34-16-20(31)15-26-3/h6-8,13-14,20,26,31H,9-12,15-16H2,1-5H3. The summed E-state index contributed by atoms with van der Waals surface area (Å²) in [7, 11) is 5.13. The molecule has 0 bridgehead atoms. The predicted octanol–water partition coefficient (Wildman–Crippen LogP) is 2.47. The van der Waals surface area contributed by atoms with Crippen molar-refractivity contribution in [2.24, 2.45) is 0 Å². The van der Waals surface area contributed by atoms with Crippen molar-refractivity contribution in [1.29, 1.82) is 0 Å². The van der Waals surface area contributed by atoms with Crippen LogP contribution in [0.25, 0.3) is 22.6 Å². The predicted molar refractivity (Wildman–Crippen MR) is 134 cm³/mol. The Morgan fingerprint density at radius 3 is 2.46 bits per heavy atom. The van der Waals surface area contributed by atoms with Gasteiger partial charge in [-0.2, -0.15) is 0 Å². The number of nitrogens with one attached hydrogen (secondary N) is 1. The molecule has 2 N–H and O–H groups in total. The molecule has 35 heavy (non-hydrogen) atoms. The highest BCUT2D eigenvalue weighted by Crippen LogP contribution is 2.31. The smallest absolute Gasteiger partial charge is 0.162 e. The van der Waals surface area contributed by atoms with Gasteiger partial charge in [0.1, 0.15) is 30.0 Å². The Kier molecular flexibility index (Phi) is 9.98. The third-order valence-corrected chi connectivity index (χ3v) is 5.43. The first-order valence-corrected chi connectivity index (χ1v) is 11.6. The molecule has 0 aliphatic heterocycles. The van der Waals surface area contributed by atoms with E-state index in [0.29, 0.717) is 50.2 Å². The molecular weight excluding hydrogens is 450 g/mol. The van der Waals surface area contributed by atoms with Crippen LogP contribution >= 0.6 is 0 Å². The lowest BCUT2D eigenvalue weighted by molar-refractivity contribution is 0.108. The zero-order valence-corrected chi connectivity index (χ0v) is 21.1. The third-order valence-electron chi connectivity index (χ3n) is 5.43. The molecule has 0 radical (unpaired) electrons. The molecule has 1 atom stereocenters. The van der Waals surface area contributed by atoms with Gasteiger partial charge in [-0.25, -0.2) is 9.97 Å². The molecule has 3 rings (SSSR count). The molecule has 0 aliphatic rings. The number of anilines is 1. The minimum atomic E-state index is -0.607. The van der Waals surface area contributed by atoms with Crippen molar-refractivity contribution in [3.63, 3.8) is 0 Å². The first-order valence-electron chi connectivity index (χ1n) is 11.6. The van der Waals surface area contributed by atoms with Gasteiger partial charge in [0.15, 0.2) is 5.82 Å². The number of rotatable bonds is 14. The summed E-state index contributed by atoms with van der Waals surface area (Å²) in [5, 5.41) is 17.0. The second-order valence-corrected chi connectivity index (χ2v) is 8.16. The summed E-state index contributed by atoms with van der Waals surface area (Å²) in [5.41, 5.74) is 3.11. The van der Waals surface area contributed by atoms with Crippen LogP contribution in [0.5, 0.6) is 5.75 Å². The van der Waals surface area contributed by atoms with E-state index in [-0.39, 0.29) is 6.61 Å². The Bertz CT molecular complexity index is 1050. The summed E-state index contributed by atoms with van der Waals surface area (Å²) in [6.07, 6.45) is -0.607. The van der Waals surface area contributed by atoms with Gasteiger partial charge in [0, 0.05) is 45.5 Å². The maximum atomic E-state index is 9.98. The number of hydrogen-bond acceptors (Lipinski definition) is 10. The van der Waals surface area contributed by atoms with Crippen LogP contribution in [0, 0.1) is 13.8 Å². The van der Waals surface area contributed by atoms with E-state index in [1.807, 2.05) is 44.2 Å². The Morgan fingerprint density at radius 1 is 1.09 bits per heavy atom. The summed E-state index contributed by atoms with van der Waals surface area (Å²) < 4.78 is 21.8. The number of likely N-dealkylation sites (N-methyl/N-ethyl adjacent to an activating group) is 1. The Labute approximate surface area is 206 Å². The Hall–Kier alpha value is -3.05. The van der Waals surface area contributed by atoms with Crippen molar-refractivity contribution in [2.45, 2.75) is 20.0 Å². The summed E-state index contributed by atoms with van der Waals surface area (Å²) in [5.74, 6) is 2.60. The highest BCUT2D eigenvalue weighted by molar-refractivity contribution is 5.70. The average molecular weight is 486 g/mol. The normalized spacial score (nSPS) is 12.1. The van der Waals surface area contributed by atoms with Crippen LogP contribution in [-0.4, -0.2) is 87.1 Å². The van der Waals surface area contributed by atoms with Crippen molar-refractivity contribution in [3.8, 4) is 28.4 Å². The minimum Gasteiger partial charge on any atom is -0.491 e. The molecule has 10 nitrogen and oxygen atoms in total. The number of aromatic nitrogens is 3. The zero-order valence-electron chi connectivity index (χ0n) is 21.1. The monoisotopic (exact) mass is 485 g/mol. The molecular formula is C25H35N5O5. The van der Waals surface area contributed by atoms with Crippen molar-refractivity contribution >= 4 is 5.82 Å². The molecule has 2 heterocycles. The van der Waals surface area contributed by atoms with Gasteiger partial charge < -0.3 is 34.1 Å². The molecule has 0 spiro atoms. The number of ether oxygens (including phenoxy) is 3. The van der Waals surface area contributed by atoms with Gasteiger partial charge in [-0.05, 0) is 33.0 Å². The lowest BCUT2D eigenvalue weighted by atomic mass is 10.1. The van der Waals surface area contributed by atoms with Crippen LogP contribution in [0.2, 0.25) is 0 Å². The Morgan fingerprint density at radius 2 is 1.83 bits per heavy atom. The summed E-state index contributed by atoms with van der Waals surface area (Å²) >= 11 is 0. The van der Waals surface area contributed by atoms with Gasteiger partial charge in [0.05, 0.1) is 30.2 Å². The van der Waals surface area contributed by atoms with E-state index in [9.17, 15) is 5.11 Å². The second-order valence-electron chi connectivity index (χ2n) is 8.16. The minimum absolute atomic E-state index is 0.178. The molecule has 1 aromatic carbocycles. The number of nitrogens with zero attached hydrogens (tertiary/aromatic N) is 4. The number of methoxy groups -OCH3 is 2. The molecule has 3 aromatic rings. The molecule has 0 amide bonds. The molecule has 0 aliphatic carbocycles. The summed E-state index contributed by atoms with van der Waals surface area (Å²) in [6, 6.07) is 9.47. The molecule has 10 heteroatoms.